The van der Waals surface area contributed by atoms with Crippen molar-refractivity contribution in [1.29, 1.82) is 0 Å². The first-order chi connectivity index (χ1) is 8.19. The zero-order valence-corrected chi connectivity index (χ0v) is 10.1. The van der Waals surface area contributed by atoms with Crippen LogP contribution in [-0.2, 0) is 0 Å². The number of hydrogen-bond acceptors (Lipinski definition) is 4. The number of aromatic nitrogens is 1. The first-order valence-corrected chi connectivity index (χ1v) is 5.77. The smallest absolute Gasteiger partial charge is 0.269 e. The Labute approximate surface area is 101 Å². The number of pyridine rings is 1. The Kier molecular flexibility index (Phi) is 3.28. The van der Waals surface area contributed by atoms with E-state index < -0.39 is 0 Å². The van der Waals surface area contributed by atoms with E-state index in [0.717, 1.165) is 19.5 Å². The second kappa shape index (κ2) is 4.71. The third-order valence-corrected chi connectivity index (χ3v) is 3.07. The molecule has 1 aliphatic heterocycles. The maximum atomic E-state index is 11.3. The molecule has 1 aromatic rings. The summed E-state index contributed by atoms with van der Waals surface area (Å²) in [5.74, 6) is 0.521. The van der Waals surface area contributed by atoms with Crippen molar-refractivity contribution in [3.05, 3.63) is 24.0 Å². The molecule has 0 atom stereocenters. The standard InChI is InChI=1S/C12H17N3O2/c1-3-12(7-14-8-12)17-9-4-5-10(15-6-9)11(16)13-2/h4-6,14H,3,7-8H2,1-2H3,(H,13,16). The fourth-order valence-electron chi connectivity index (χ4n) is 1.75. The van der Waals surface area contributed by atoms with Gasteiger partial charge < -0.3 is 15.4 Å². The van der Waals surface area contributed by atoms with Crippen LogP contribution in [0.25, 0.3) is 0 Å². The van der Waals surface area contributed by atoms with Crippen LogP contribution >= 0.6 is 0 Å². The highest BCUT2D eigenvalue weighted by Gasteiger charge is 2.37. The molecule has 2 heterocycles. The van der Waals surface area contributed by atoms with Crippen LogP contribution in [-0.4, -0.2) is 36.6 Å². The van der Waals surface area contributed by atoms with Crippen LogP contribution in [0.4, 0.5) is 0 Å². The normalized spacial score (nSPS) is 17.1. The first kappa shape index (κ1) is 11.9. The Morgan fingerprint density at radius 3 is 2.76 bits per heavy atom. The summed E-state index contributed by atoms with van der Waals surface area (Å²) in [5, 5.41) is 5.73. The Hall–Kier alpha value is -1.62. The van der Waals surface area contributed by atoms with Gasteiger partial charge in [-0.3, -0.25) is 4.79 Å². The number of amides is 1. The first-order valence-electron chi connectivity index (χ1n) is 5.77. The van der Waals surface area contributed by atoms with Crippen LogP contribution in [0.1, 0.15) is 23.8 Å². The van der Waals surface area contributed by atoms with Gasteiger partial charge in [0.05, 0.1) is 6.20 Å². The molecule has 0 aliphatic carbocycles. The minimum absolute atomic E-state index is 0.101. The van der Waals surface area contributed by atoms with E-state index in [4.69, 9.17) is 4.74 Å². The number of rotatable bonds is 4. The number of nitrogens with zero attached hydrogens (tertiary/aromatic N) is 1. The molecule has 0 aromatic carbocycles. The second-order valence-electron chi connectivity index (χ2n) is 4.20. The lowest BCUT2D eigenvalue weighted by atomic mass is 9.94. The summed E-state index contributed by atoms with van der Waals surface area (Å²) in [7, 11) is 1.58. The van der Waals surface area contributed by atoms with E-state index in [1.54, 1.807) is 25.4 Å². The van der Waals surface area contributed by atoms with E-state index in [2.05, 4.69) is 22.5 Å². The molecule has 2 rings (SSSR count). The topological polar surface area (TPSA) is 63.2 Å². The number of ether oxygens (including phenoxy) is 1. The Balaban J connectivity index is 2.05. The predicted molar refractivity (Wildman–Crippen MR) is 64.1 cm³/mol. The summed E-state index contributed by atoms with van der Waals surface area (Å²) in [6.45, 7) is 3.83. The van der Waals surface area contributed by atoms with E-state index in [1.807, 2.05) is 0 Å². The minimum Gasteiger partial charge on any atom is -0.483 e. The molecule has 0 radical (unpaired) electrons. The van der Waals surface area contributed by atoms with Crippen molar-refractivity contribution in [1.82, 2.24) is 15.6 Å². The van der Waals surface area contributed by atoms with Crippen LogP contribution in [0.2, 0.25) is 0 Å². The van der Waals surface area contributed by atoms with Gasteiger partial charge in [0.25, 0.3) is 5.91 Å². The lowest BCUT2D eigenvalue weighted by molar-refractivity contribution is 0.0126. The van der Waals surface area contributed by atoms with Crippen LogP contribution in [0, 0.1) is 0 Å². The zero-order valence-electron chi connectivity index (χ0n) is 10.1. The number of carbonyl (C=O) groups is 1. The predicted octanol–water partition coefficient (Wildman–Crippen LogP) is 0.572. The van der Waals surface area contributed by atoms with Gasteiger partial charge in [0.15, 0.2) is 0 Å². The highest BCUT2D eigenvalue weighted by Crippen LogP contribution is 2.24. The molecule has 0 spiro atoms. The molecule has 1 aliphatic rings. The number of nitrogens with one attached hydrogen (secondary N) is 2. The third kappa shape index (κ3) is 2.39. The van der Waals surface area contributed by atoms with Crippen molar-refractivity contribution in [2.45, 2.75) is 18.9 Å². The third-order valence-electron chi connectivity index (χ3n) is 3.07. The molecule has 1 aromatic heterocycles. The van der Waals surface area contributed by atoms with E-state index >= 15 is 0 Å². The van der Waals surface area contributed by atoms with E-state index in [9.17, 15) is 4.79 Å². The van der Waals surface area contributed by atoms with Gasteiger partial charge >= 0.3 is 0 Å². The van der Waals surface area contributed by atoms with E-state index in [-0.39, 0.29) is 11.5 Å². The van der Waals surface area contributed by atoms with Crippen LogP contribution < -0.4 is 15.4 Å². The molecule has 0 bridgehead atoms. The summed E-state index contributed by atoms with van der Waals surface area (Å²) in [4.78, 5) is 15.4. The van der Waals surface area contributed by atoms with E-state index in [1.165, 1.54) is 0 Å². The molecule has 1 amide bonds. The Bertz CT molecular complexity index is 393. The fourth-order valence-corrected chi connectivity index (χ4v) is 1.75. The highest BCUT2D eigenvalue weighted by atomic mass is 16.5. The van der Waals surface area contributed by atoms with Crippen molar-refractivity contribution >= 4 is 5.91 Å². The summed E-state index contributed by atoms with van der Waals surface area (Å²) >= 11 is 0. The summed E-state index contributed by atoms with van der Waals surface area (Å²) in [5.41, 5.74) is 0.299. The minimum atomic E-state index is -0.188. The zero-order chi connectivity index (χ0) is 12.3. The van der Waals surface area contributed by atoms with Gasteiger partial charge in [-0.25, -0.2) is 4.98 Å². The molecule has 0 unspecified atom stereocenters. The van der Waals surface area contributed by atoms with Gasteiger partial charge in [0, 0.05) is 20.1 Å². The average Bonchev–Trinajstić information content (AvgIpc) is 2.33. The van der Waals surface area contributed by atoms with Crippen molar-refractivity contribution in [2.24, 2.45) is 0 Å². The van der Waals surface area contributed by atoms with E-state index in [0.29, 0.717) is 11.4 Å². The Morgan fingerprint density at radius 2 is 2.35 bits per heavy atom. The number of carbonyl (C=O) groups excluding carboxylic acids is 1. The maximum Gasteiger partial charge on any atom is 0.269 e. The van der Waals surface area contributed by atoms with Gasteiger partial charge in [-0.15, -0.1) is 0 Å². The molecule has 1 saturated heterocycles. The van der Waals surface area contributed by atoms with Crippen molar-refractivity contribution in [3.8, 4) is 5.75 Å². The average molecular weight is 235 g/mol. The van der Waals surface area contributed by atoms with Crippen molar-refractivity contribution < 1.29 is 9.53 Å². The van der Waals surface area contributed by atoms with Crippen LogP contribution in [0.3, 0.4) is 0 Å². The van der Waals surface area contributed by atoms with Gasteiger partial charge in [0.1, 0.15) is 17.0 Å². The van der Waals surface area contributed by atoms with Gasteiger partial charge in [-0.1, -0.05) is 6.92 Å². The molecule has 1 fully saturated rings. The van der Waals surface area contributed by atoms with Crippen molar-refractivity contribution in [3.63, 3.8) is 0 Å². The molecule has 5 nitrogen and oxygen atoms in total. The van der Waals surface area contributed by atoms with Crippen LogP contribution in [0.5, 0.6) is 5.75 Å². The van der Waals surface area contributed by atoms with Gasteiger partial charge in [-0.2, -0.15) is 0 Å². The summed E-state index contributed by atoms with van der Waals surface area (Å²) in [6.07, 6.45) is 2.55. The fraction of sp³-hybridized carbons (Fsp3) is 0.500. The van der Waals surface area contributed by atoms with Crippen LogP contribution in [0.15, 0.2) is 18.3 Å². The van der Waals surface area contributed by atoms with Gasteiger partial charge in [-0.05, 0) is 18.6 Å². The highest BCUT2D eigenvalue weighted by molar-refractivity contribution is 5.91. The quantitative estimate of drug-likeness (QED) is 0.801. The van der Waals surface area contributed by atoms with Crippen molar-refractivity contribution in [2.75, 3.05) is 20.1 Å². The Morgan fingerprint density at radius 1 is 1.59 bits per heavy atom. The SMILES string of the molecule is CCC1(Oc2ccc(C(=O)NC)nc2)CNC1. The lowest BCUT2D eigenvalue weighted by Crippen LogP contribution is -2.62. The molecular weight excluding hydrogens is 218 g/mol. The molecule has 0 saturated carbocycles. The maximum absolute atomic E-state index is 11.3. The molecule has 2 N–H and O–H groups in total. The van der Waals surface area contributed by atoms with Gasteiger partial charge in [0.2, 0.25) is 0 Å². The molecular formula is C12H17N3O2. The largest absolute Gasteiger partial charge is 0.483 e. The number of hydrogen-bond donors (Lipinski definition) is 2. The molecule has 17 heavy (non-hydrogen) atoms. The second-order valence-corrected chi connectivity index (χ2v) is 4.20. The molecule has 92 valence electrons. The monoisotopic (exact) mass is 235 g/mol. The lowest BCUT2D eigenvalue weighted by Gasteiger charge is -2.41. The molecule has 5 heteroatoms. The summed E-state index contributed by atoms with van der Waals surface area (Å²) in [6, 6.07) is 3.46. The summed E-state index contributed by atoms with van der Waals surface area (Å²) < 4.78 is 5.90.